The van der Waals surface area contributed by atoms with Crippen LogP contribution in [-0.2, 0) is 11.3 Å². The Kier molecular flexibility index (Phi) is 4.68. The van der Waals surface area contributed by atoms with Crippen molar-refractivity contribution in [1.29, 1.82) is 0 Å². The van der Waals surface area contributed by atoms with Crippen molar-refractivity contribution in [3.63, 3.8) is 0 Å². The zero-order valence-corrected chi connectivity index (χ0v) is 11.8. The summed E-state index contributed by atoms with van der Waals surface area (Å²) >= 11 is 1.27. The Morgan fingerprint density at radius 3 is 2.90 bits per heavy atom. The van der Waals surface area contributed by atoms with Crippen LogP contribution < -0.4 is 5.73 Å². The van der Waals surface area contributed by atoms with Gasteiger partial charge < -0.3 is 15.1 Å². The van der Waals surface area contributed by atoms with Crippen molar-refractivity contribution in [1.82, 2.24) is 4.90 Å². The Labute approximate surface area is 120 Å². The molecular formula is C14H15FN2O2S. The third kappa shape index (κ3) is 3.77. The molecule has 0 radical (unpaired) electrons. The summed E-state index contributed by atoms with van der Waals surface area (Å²) in [5.74, 6) is 0.444. The molecule has 1 aromatic heterocycles. The number of carbonyl (C=O) groups excluding carboxylic acids is 1. The van der Waals surface area contributed by atoms with Gasteiger partial charge in [0.1, 0.15) is 11.6 Å². The number of amides is 1. The number of carbonyl (C=O) groups is 1. The van der Waals surface area contributed by atoms with Gasteiger partial charge in [0.15, 0.2) is 0 Å². The number of halogens is 1. The lowest BCUT2D eigenvalue weighted by Crippen LogP contribution is -2.27. The fourth-order valence-corrected chi connectivity index (χ4v) is 2.44. The summed E-state index contributed by atoms with van der Waals surface area (Å²) in [4.78, 5) is 14.2. The van der Waals surface area contributed by atoms with Gasteiger partial charge in [-0.2, -0.15) is 0 Å². The zero-order valence-electron chi connectivity index (χ0n) is 11.0. The van der Waals surface area contributed by atoms with E-state index in [1.807, 2.05) is 6.07 Å². The highest BCUT2D eigenvalue weighted by Gasteiger charge is 2.11. The Hall–Kier alpha value is -1.95. The number of rotatable bonds is 5. The van der Waals surface area contributed by atoms with Crippen LogP contribution >= 0.6 is 11.8 Å². The van der Waals surface area contributed by atoms with E-state index in [1.54, 1.807) is 30.3 Å². The highest BCUT2D eigenvalue weighted by molar-refractivity contribution is 8.00. The van der Waals surface area contributed by atoms with E-state index in [1.165, 1.54) is 23.9 Å². The van der Waals surface area contributed by atoms with Gasteiger partial charge in [-0.05, 0) is 30.3 Å². The van der Waals surface area contributed by atoms with Crippen molar-refractivity contribution in [3.05, 3.63) is 48.2 Å². The van der Waals surface area contributed by atoms with Crippen molar-refractivity contribution in [2.24, 2.45) is 0 Å². The topological polar surface area (TPSA) is 59.5 Å². The summed E-state index contributed by atoms with van der Waals surface area (Å²) in [6.45, 7) is 0.419. The molecule has 0 saturated heterocycles. The molecule has 0 saturated carbocycles. The second-order valence-electron chi connectivity index (χ2n) is 4.30. The minimum Gasteiger partial charge on any atom is -0.467 e. The second-order valence-corrected chi connectivity index (χ2v) is 5.35. The maximum atomic E-state index is 13.3. The Balaban J connectivity index is 1.86. The van der Waals surface area contributed by atoms with Gasteiger partial charge in [0.05, 0.1) is 24.2 Å². The van der Waals surface area contributed by atoms with E-state index in [0.29, 0.717) is 11.4 Å². The number of hydrogen-bond donors (Lipinski definition) is 1. The highest BCUT2D eigenvalue weighted by Crippen LogP contribution is 2.22. The van der Waals surface area contributed by atoms with Crippen molar-refractivity contribution in [3.8, 4) is 0 Å². The van der Waals surface area contributed by atoms with Crippen molar-refractivity contribution < 1.29 is 13.6 Å². The summed E-state index contributed by atoms with van der Waals surface area (Å²) in [6.07, 6.45) is 1.57. The number of nitrogens with zero attached hydrogens (tertiary/aromatic N) is 1. The van der Waals surface area contributed by atoms with Crippen molar-refractivity contribution in [2.45, 2.75) is 11.4 Å². The summed E-state index contributed by atoms with van der Waals surface area (Å²) < 4.78 is 18.4. The molecule has 0 fully saturated rings. The summed E-state index contributed by atoms with van der Waals surface area (Å²) in [5.41, 5.74) is 5.51. The summed E-state index contributed by atoms with van der Waals surface area (Å²) in [5, 5.41) is 0. The van der Waals surface area contributed by atoms with Gasteiger partial charge in [-0.25, -0.2) is 4.39 Å². The molecule has 0 bridgehead atoms. The van der Waals surface area contributed by atoms with Crippen LogP contribution in [0.25, 0.3) is 0 Å². The van der Waals surface area contributed by atoms with E-state index in [4.69, 9.17) is 10.2 Å². The van der Waals surface area contributed by atoms with Gasteiger partial charge in [-0.15, -0.1) is 11.8 Å². The van der Waals surface area contributed by atoms with Gasteiger partial charge in [-0.3, -0.25) is 4.79 Å². The molecule has 20 heavy (non-hydrogen) atoms. The largest absolute Gasteiger partial charge is 0.467 e. The lowest BCUT2D eigenvalue weighted by atomic mass is 10.3. The molecule has 0 atom stereocenters. The first-order valence-corrected chi connectivity index (χ1v) is 6.99. The van der Waals surface area contributed by atoms with E-state index >= 15 is 0 Å². The lowest BCUT2D eigenvalue weighted by molar-refractivity contribution is -0.127. The minimum atomic E-state index is -0.466. The Bertz CT molecular complexity index is 587. The van der Waals surface area contributed by atoms with Crippen LogP contribution in [0.1, 0.15) is 5.76 Å². The molecule has 1 aromatic carbocycles. The molecule has 2 rings (SSSR count). The normalized spacial score (nSPS) is 10.5. The monoisotopic (exact) mass is 294 g/mol. The predicted molar refractivity (Wildman–Crippen MR) is 76.7 cm³/mol. The third-order valence-electron chi connectivity index (χ3n) is 2.73. The van der Waals surface area contributed by atoms with Gasteiger partial charge in [0.2, 0.25) is 5.91 Å². The molecule has 4 nitrogen and oxygen atoms in total. The predicted octanol–water partition coefficient (Wildman–Crippen LogP) is 2.75. The number of anilines is 1. The van der Waals surface area contributed by atoms with E-state index < -0.39 is 5.82 Å². The fraction of sp³-hybridized carbons (Fsp3) is 0.214. The molecule has 6 heteroatoms. The second kappa shape index (κ2) is 6.47. The standard InChI is InChI=1S/C14H15FN2O2S/c1-17(8-10-3-2-6-19-10)14(18)9-20-11-4-5-13(16)12(15)7-11/h2-7H,8-9,16H2,1H3. The first kappa shape index (κ1) is 14.5. The molecule has 0 aliphatic heterocycles. The SMILES string of the molecule is CN(Cc1ccco1)C(=O)CSc1ccc(N)c(F)c1. The van der Waals surface area contributed by atoms with E-state index in [-0.39, 0.29) is 17.3 Å². The molecule has 0 aliphatic carbocycles. The molecule has 1 heterocycles. The number of furan rings is 1. The van der Waals surface area contributed by atoms with Gasteiger partial charge in [-0.1, -0.05) is 0 Å². The molecule has 106 valence electrons. The minimum absolute atomic E-state index is 0.0522. The number of hydrogen-bond acceptors (Lipinski definition) is 4. The van der Waals surface area contributed by atoms with E-state index in [2.05, 4.69) is 0 Å². The molecule has 2 aromatic rings. The van der Waals surface area contributed by atoms with Crippen molar-refractivity contribution >= 4 is 23.4 Å². The average molecular weight is 294 g/mol. The fourth-order valence-electron chi connectivity index (χ4n) is 1.58. The van der Waals surface area contributed by atoms with Crippen LogP contribution in [0.2, 0.25) is 0 Å². The van der Waals surface area contributed by atoms with Gasteiger partial charge in [0.25, 0.3) is 0 Å². The van der Waals surface area contributed by atoms with Crippen LogP contribution in [-0.4, -0.2) is 23.6 Å². The van der Waals surface area contributed by atoms with Crippen molar-refractivity contribution in [2.75, 3.05) is 18.5 Å². The highest BCUT2D eigenvalue weighted by atomic mass is 32.2. The third-order valence-corrected chi connectivity index (χ3v) is 3.71. The Morgan fingerprint density at radius 2 is 2.25 bits per heavy atom. The molecule has 0 unspecified atom stereocenters. The smallest absolute Gasteiger partial charge is 0.233 e. The van der Waals surface area contributed by atoms with Gasteiger partial charge in [0, 0.05) is 11.9 Å². The average Bonchev–Trinajstić information content (AvgIpc) is 2.92. The Morgan fingerprint density at radius 1 is 1.45 bits per heavy atom. The molecule has 2 N–H and O–H groups in total. The number of nitrogens with two attached hydrogens (primary N) is 1. The van der Waals surface area contributed by atoms with E-state index in [9.17, 15) is 9.18 Å². The molecular weight excluding hydrogens is 279 g/mol. The number of benzene rings is 1. The molecule has 0 spiro atoms. The molecule has 1 amide bonds. The maximum absolute atomic E-state index is 13.3. The van der Waals surface area contributed by atoms with Gasteiger partial charge >= 0.3 is 0 Å². The van der Waals surface area contributed by atoms with Crippen LogP contribution in [0, 0.1) is 5.82 Å². The zero-order chi connectivity index (χ0) is 14.5. The summed E-state index contributed by atoms with van der Waals surface area (Å²) in [7, 11) is 1.70. The number of thioether (sulfide) groups is 1. The summed E-state index contributed by atoms with van der Waals surface area (Å²) in [6, 6.07) is 8.11. The van der Waals surface area contributed by atoms with E-state index in [0.717, 1.165) is 5.76 Å². The van der Waals surface area contributed by atoms with Crippen LogP contribution in [0.3, 0.4) is 0 Å². The maximum Gasteiger partial charge on any atom is 0.233 e. The first-order valence-electron chi connectivity index (χ1n) is 6.00. The first-order chi connectivity index (χ1) is 9.56. The number of nitrogen functional groups attached to an aromatic ring is 1. The van der Waals surface area contributed by atoms with Crippen LogP contribution in [0.4, 0.5) is 10.1 Å². The lowest BCUT2D eigenvalue weighted by Gasteiger charge is -2.15. The van der Waals surface area contributed by atoms with Crippen LogP contribution in [0.15, 0.2) is 45.9 Å². The molecule has 0 aliphatic rings. The van der Waals surface area contributed by atoms with Crippen LogP contribution in [0.5, 0.6) is 0 Å². The quantitative estimate of drug-likeness (QED) is 0.680.